The molecule has 2 atom stereocenters. The third kappa shape index (κ3) is 2.83. The van der Waals surface area contributed by atoms with Crippen LogP contribution < -0.4 is 16.2 Å². The average molecular weight is 299 g/mol. The van der Waals surface area contributed by atoms with Crippen molar-refractivity contribution in [3.63, 3.8) is 0 Å². The van der Waals surface area contributed by atoms with Gasteiger partial charge in [-0.3, -0.25) is 4.79 Å². The van der Waals surface area contributed by atoms with Crippen LogP contribution in [0, 0.1) is 5.92 Å². The van der Waals surface area contributed by atoms with Crippen LogP contribution in [-0.4, -0.2) is 28.9 Å². The minimum atomic E-state index is -0.228. The van der Waals surface area contributed by atoms with Gasteiger partial charge >= 0.3 is 0 Å². The number of piperidine rings is 1. The number of hydrogen-bond acceptors (Lipinski definition) is 4. The zero-order valence-corrected chi connectivity index (χ0v) is 13.1. The highest BCUT2D eigenvalue weighted by atomic mass is 35.5. The lowest BCUT2D eigenvalue weighted by atomic mass is 9.92. The number of nitrogens with zero attached hydrogens (tertiary/aromatic N) is 3. The zero-order chi connectivity index (χ0) is 14.9. The Bertz CT molecular complexity index is 528. The molecule has 2 unspecified atom stereocenters. The molecule has 2 heterocycles. The van der Waals surface area contributed by atoms with Crippen LogP contribution in [0.1, 0.15) is 39.7 Å². The van der Waals surface area contributed by atoms with Crippen molar-refractivity contribution in [1.82, 2.24) is 9.78 Å². The van der Waals surface area contributed by atoms with Gasteiger partial charge in [-0.15, -0.1) is 0 Å². The van der Waals surface area contributed by atoms with E-state index in [1.165, 1.54) is 4.68 Å². The topological polar surface area (TPSA) is 64.2 Å². The van der Waals surface area contributed by atoms with E-state index in [2.05, 4.69) is 16.9 Å². The summed E-state index contributed by atoms with van der Waals surface area (Å²) in [5.41, 5.74) is 6.36. The van der Waals surface area contributed by atoms with E-state index in [4.69, 9.17) is 17.3 Å². The predicted octanol–water partition coefficient (Wildman–Crippen LogP) is 2.04. The molecule has 0 radical (unpaired) electrons. The van der Waals surface area contributed by atoms with E-state index >= 15 is 0 Å². The molecule has 2 rings (SSSR count). The number of halogens is 1. The molecule has 1 aromatic heterocycles. The lowest BCUT2D eigenvalue weighted by Crippen LogP contribution is -2.47. The quantitative estimate of drug-likeness (QED) is 0.927. The van der Waals surface area contributed by atoms with Gasteiger partial charge in [0.1, 0.15) is 5.02 Å². The standard InChI is InChI=1S/C14H23ClN4O/c1-9(2)19-14(20)13(15)12(8-17-19)18-5-4-10(3)6-11(18)7-16/h8-11H,4-7,16H2,1-3H3. The molecule has 5 nitrogen and oxygen atoms in total. The van der Waals surface area contributed by atoms with Gasteiger partial charge in [0.05, 0.1) is 17.9 Å². The normalized spacial score (nSPS) is 23.4. The number of rotatable bonds is 3. The fourth-order valence-corrected chi connectivity index (χ4v) is 3.04. The molecule has 112 valence electrons. The number of aromatic nitrogens is 2. The molecule has 0 aliphatic carbocycles. The smallest absolute Gasteiger partial charge is 0.287 e. The summed E-state index contributed by atoms with van der Waals surface area (Å²) < 4.78 is 1.41. The maximum Gasteiger partial charge on any atom is 0.287 e. The van der Waals surface area contributed by atoms with Gasteiger partial charge in [-0.25, -0.2) is 4.68 Å². The highest BCUT2D eigenvalue weighted by Gasteiger charge is 2.28. The van der Waals surface area contributed by atoms with Crippen LogP contribution in [0.4, 0.5) is 5.69 Å². The summed E-state index contributed by atoms with van der Waals surface area (Å²) in [6.07, 6.45) is 3.81. The van der Waals surface area contributed by atoms with Gasteiger partial charge in [0.15, 0.2) is 0 Å². The molecule has 0 amide bonds. The second-order valence-electron chi connectivity index (χ2n) is 5.90. The number of nitrogens with two attached hydrogens (primary N) is 1. The summed E-state index contributed by atoms with van der Waals surface area (Å²) in [6, 6.07) is 0.230. The Labute approximate surface area is 124 Å². The van der Waals surface area contributed by atoms with Crippen LogP contribution in [-0.2, 0) is 0 Å². The first-order valence-corrected chi connectivity index (χ1v) is 7.57. The van der Waals surface area contributed by atoms with Gasteiger partial charge in [-0.05, 0) is 32.6 Å². The molecule has 0 saturated carbocycles. The van der Waals surface area contributed by atoms with E-state index < -0.39 is 0 Å². The van der Waals surface area contributed by atoms with E-state index in [-0.39, 0.29) is 22.7 Å². The minimum Gasteiger partial charge on any atom is -0.365 e. The Morgan fingerprint density at radius 1 is 1.55 bits per heavy atom. The fraction of sp³-hybridized carbons (Fsp3) is 0.714. The second kappa shape index (κ2) is 6.14. The Morgan fingerprint density at radius 3 is 2.85 bits per heavy atom. The fourth-order valence-electron chi connectivity index (χ4n) is 2.80. The van der Waals surface area contributed by atoms with Crippen LogP contribution in [0.15, 0.2) is 11.0 Å². The second-order valence-corrected chi connectivity index (χ2v) is 6.28. The van der Waals surface area contributed by atoms with Gasteiger partial charge in [0.2, 0.25) is 0 Å². The summed E-state index contributed by atoms with van der Waals surface area (Å²) in [4.78, 5) is 14.4. The van der Waals surface area contributed by atoms with Crippen LogP contribution in [0.2, 0.25) is 5.02 Å². The molecular formula is C14H23ClN4O. The van der Waals surface area contributed by atoms with Crippen LogP contribution in [0.3, 0.4) is 0 Å². The highest BCUT2D eigenvalue weighted by molar-refractivity contribution is 6.33. The van der Waals surface area contributed by atoms with Crippen LogP contribution in [0.25, 0.3) is 0 Å². The minimum absolute atomic E-state index is 0.000679. The van der Waals surface area contributed by atoms with Gasteiger partial charge in [0, 0.05) is 19.1 Å². The van der Waals surface area contributed by atoms with Crippen molar-refractivity contribution in [1.29, 1.82) is 0 Å². The molecule has 1 saturated heterocycles. The Morgan fingerprint density at radius 2 is 2.25 bits per heavy atom. The summed E-state index contributed by atoms with van der Waals surface area (Å²) in [7, 11) is 0. The first-order chi connectivity index (χ1) is 9.45. The largest absolute Gasteiger partial charge is 0.365 e. The van der Waals surface area contributed by atoms with E-state index in [1.54, 1.807) is 6.20 Å². The molecule has 0 spiro atoms. The first-order valence-electron chi connectivity index (χ1n) is 7.19. The van der Waals surface area contributed by atoms with Crippen molar-refractivity contribution >= 4 is 17.3 Å². The molecule has 1 aromatic rings. The number of hydrogen-bond donors (Lipinski definition) is 1. The molecule has 1 aliphatic rings. The predicted molar refractivity (Wildman–Crippen MR) is 82.5 cm³/mol. The monoisotopic (exact) mass is 298 g/mol. The van der Waals surface area contributed by atoms with Gasteiger partial charge in [-0.1, -0.05) is 18.5 Å². The molecule has 6 heteroatoms. The van der Waals surface area contributed by atoms with E-state index in [0.717, 1.165) is 25.1 Å². The third-order valence-electron chi connectivity index (χ3n) is 3.97. The first kappa shape index (κ1) is 15.3. The highest BCUT2D eigenvalue weighted by Crippen LogP contribution is 2.30. The summed E-state index contributed by atoms with van der Waals surface area (Å²) >= 11 is 6.28. The zero-order valence-electron chi connectivity index (χ0n) is 12.3. The van der Waals surface area contributed by atoms with Crippen molar-refractivity contribution in [3.05, 3.63) is 21.6 Å². The van der Waals surface area contributed by atoms with Crippen LogP contribution >= 0.6 is 11.6 Å². The molecule has 0 bridgehead atoms. The average Bonchev–Trinajstić information content (AvgIpc) is 2.41. The maximum atomic E-state index is 12.2. The molecule has 0 aromatic carbocycles. The Balaban J connectivity index is 2.38. The van der Waals surface area contributed by atoms with Crippen molar-refractivity contribution in [2.75, 3.05) is 18.0 Å². The molecule has 2 N–H and O–H groups in total. The molecule has 1 fully saturated rings. The van der Waals surface area contributed by atoms with E-state index in [0.29, 0.717) is 12.5 Å². The number of anilines is 1. The summed E-state index contributed by atoms with van der Waals surface area (Å²) in [6.45, 7) is 7.49. The van der Waals surface area contributed by atoms with Gasteiger partial charge in [0.25, 0.3) is 5.56 Å². The Kier molecular flexibility index (Phi) is 4.70. The summed E-state index contributed by atoms with van der Waals surface area (Å²) in [5.74, 6) is 0.655. The van der Waals surface area contributed by atoms with Crippen molar-refractivity contribution in [2.24, 2.45) is 11.7 Å². The maximum absolute atomic E-state index is 12.2. The molecule has 1 aliphatic heterocycles. The van der Waals surface area contributed by atoms with Crippen molar-refractivity contribution in [3.8, 4) is 0 Å². The lowest BCUT2D eigenvalue weighted by Gasteiger charge is -2.39. The summed E-state index contributed by atoms with van der Waals surface area (Å²) in [5, 5.41) is 4.49. The van der Waals surface area contributed by atoms with E-state index in [1.807, 2.05) is 13.8 Å². The van der Waals surface area contributed by atoms with Gasteiger partial charge < -0.3 is 10.6 Å². The molecular weight excluding hydrogens is 276 g/mol. The molecule has 20 heavy (non-hydrogen) atoms. The van der Waals surface area contributed by atoms with E-state index in [9.17, 15) is 4.79 Å². The van der Waals surface area contributed by atoms with Crippen LogP contribution in [0.5, 0.6) is 0 Å². The van der Waals surface area contributed by atoms with Crippen molar-refractivity contribution < 1.29 is 0 Å². The van der Waals surface area contributed by atoms with Crippen molar-refractivity contribution in [2.45, 2.75) is 45.7 Å². The SMILES string of the molecule is CC1CCN(c2cnn(C(C)C)c(=O)c2Cl)C(CN)C1. The third-order valence-corrected chi connectivity index (χ3v) is 4.33. The Hall–Kier alpha value is -1.07. The van der Waals surface area contributed by atoms with Gasteiger partial charge in [-0.2, -0.15) is 5.10 Å². The lowest BCUT2D eigenvalue weighted by molar-refractivity contribution is 0.366.